The Kier molecular flexibility index (Phi) is 6.70. The number of rotatable bonds is 5. The number of allylic oxidation sites excluding steroid dienone is 2. The lowest BCUT2D eigenvalue weighted by atomic mass is 9.57. The standard InChI is InChI=1S/C36H26N4O9/c41-29-16-15-24(22-3-1-2-4-23(22)29)30-25-13-14-26-31(35(44)37(33(26)42)18-5-9-20(10-6-18)39(46)47)27(25)17-28-32(30)36(45)38(34(28)43)19-7-11-21(12-8-19)40(48)49/h1-13,15-16,26-28,30-32,41H,14,17H2. The van der Waals surface area contributed by atoms with Crippen LogP contribution in [0.4, 0.5) is 22.7 Å². The van der Waals surface area contributed by atoms with Gasteiger partial charge in [0, 0.05) is 35.6 Å². The third-order valence-corrected chi connectivity index (χ3v) is 10.6. The number of hydrogen-bond donors (Lipinski definition) is 1. The maximum atomic E-state index is 14.4. The lowest BCUT2D eigenvalue weighted by molar-refractivity contribution is -0.385. The highest BCUT2D eigenvalue weighted by Gasteiger charge is 2.62. The number of carbonyl (C=O) groups excluding carboxylic acids is 4. The van der Waals surface area contributed by atoms with Crippen LogP contribution in [0.1, 0.15) is 24.3 Å². The Labute approximate surface area is 277 Å². The fraction of sp³-hybridized carbons (Fsp3) is 0.222. The SMILES string of the molecule is O=C1C2CC=C3C(CC4C(=O)N(c5ccc([N+](=O)[O-])cc5)C(=O)C4C3c3ccc(O)c4ccccc34)C2C(=O)N1c1ccc([N+](=O)[O-])cc1. The smallest absolute Gasteiger partial charge is 0.269 e. The molecular formula is C36H26N4O9. The monoisotopic (exact) mass is 658 g/mol. The summed E-state index contributed by atoms with van der Waals surface area (Å²) >= 11 is 0. The van der Waals surface area contributed by atoms with Gasteiger partial charge in [-0.3, -0.25) is 49.2 Å². The second kappa shape index (κ2) is 10.9. The molecule has 0 bridgehead atoms. The van der Waals surface area contributed by atoms with E-state index in [1.165, 1.54) is 48.5 Å². The van der Waals surface area contributed by atoms with Gasteiger partial charge in [-0.05, 0) is 60.0 Å². The number of fused-ring (bicyclic) bond motifs is 5. The molecule has 3 fully saturated rings. The van der Waals surface area contributed by atoms with E-state index in [0.717, 1.165) is 15.4 Å². The molecule has 2 aliphatic heterocycles. The van der Waals surface area contributed by atoms with Gasteiger partial charge in [0.05, 0.1) is 44.9 Å². The van der Waals surface area contributed by atoms with E-state index >= 15 is 0 Å². The molecule has 49 heavy (non-hydrogen) atoms. The molecule has 13 nitrogen and oxygen atoms in total. The molecule has 1 N–H and O–H groups in total. The predicted octanol–water partition coefficient (Wildman–Crippen LogP) is 5.41. The van der Waals surface area contributed by atoms with E-state index in [9.17, 15) is 44.5 Å². The zero-order valence-corrected chi connectivity index (χ0v) is 25.5. The van der Waals surface area contributed by atoms with Crippen LogP contribution in [-0.2, 0) is 19.2 Å². The number of amides is 4. The highest BCUT2D eigenvalue weighted by Crippen LogP contribution is 2.59. The Morgan fingerprint density at radius 1 is 0.612 bits per heavy atom. The van der Waals surface area contributed by atoms with E-state index < -0.39 is 69.0 Å². The van der Waals surface area contributed by atoms with Gasteiger partial charge in [-0.25, -0.2) is 0 Å². The minimum Gasteiger partial charge on any atom is -0.507 e. The quantitative estimate of drug-likeness (QED) is 0.127. The molecule has 0 spiro atoms. The fourth-order valence-corrected chi connectivity index (χ4v) is 8.47. The number of nitro benzene ring substituents is 2. The lowest BCUT2D eigenvalue weighted by Crippen LogP contribution is -2.43. The summed E-state index contributed by atoms with van der Waals surface area (Å²) < 4.78 is 0. The number of anilines is 2. The Bertz CT molecular complexity index is 2180. The Morgan fingerprint density at radius 3 is 1.71 bits per heavy atom. The van der Waals surface area contributed by atoms with E-state index in [-0.39, 0.29) is 41.3 Å². The zero-order chi connectivity index (χ0) is 34.3. The van der Waals surface area contributed by atoms with Crippen LogP contribution in [0.25, 0.3) is 10.8 Å². The van der Waals surface area contributed by atoms with Crippen LogP contribution in [0, 0.1) is 49.8 Å². The summed E-state index contributed by atoms with van der Waals surface area (Å²) in [6.07, 6.45) is 2.24. The lowest BCUT2D eigenvalue weighted by Gasteiger charge is -2.44. The van der Waals surface area contributed by atoms with Crippen LogP contribution in [0.3, 0.4) is 0 Å². The van der Waals surface area contributed by atoms with Crippen LogP contribution in [-0.4, -0.2) is 38.6 Å². The molecule has 244 valence electrons. The summed E-state index contributed by atoms with van der Waals surface area (Å²) in [6.45, 7) is 0. The first-order valence-corrected chi connectivity index (χ1v) is 15.7. The Hall–Kier alpha value is -6.24. The topological polar surface area (TPSA) is 181 Å². The molecule has 2 saturated heterocycles. The molecule has 0 radical (unpaired) electrons. The van der Waals surface area contributed by atoms with Gasteiger partial charge < -0.3 is 5.11 Å². The average molecular weight is 659 g/mol. The summed E-state index contributed by atoms with van der Waals surface area (Å²) in [5.41, 5.74) is 1.47. The van der Waals surface area contributed by atoms with Gasteiger partial charge in [0.25, 0.3) is 11.4 Å². The predicted molar refractivity (Wildman–Crippen MR) is 174 cm³/mol. The molecule has 4 amide bonds. The van der Waals surface area contributed by atoms with Crippen LogP contribution in [0.5, 0.6) is 5.75 Å². The van der Waals surface area contributed by atoms with Crippen molar-refractivity contribution in [1.82, 2.24) is 0 Å². The number of hydrogen-bond acceptors (Lipinski definition) is 9. The summed E-state index contributed by atoms with van der Waals surface area (Å²) in [6, 6.07) is 20.8. The van der Waals surface area contributed by atoms with Crippen molar-refractivity contribution in [1.29, 1.82) is 0 Å². The molecule has 1 saturated carbocycles. The molecule has 6 atom stereocenters. The van der Waals surface area contributed by atoms with Gasteiger partial charge in [-0.15, -0.1) is 0 Å². The van der Waals surface area contributed by atoms with Crippen molar-refractivity contribution in [2.24, 2.45) is 29.6 Å². The van der Waals surface area contributed by atoms with Crippen LogP contribution in [0.15, 0.2) is 96.6 Å². The van der Waals surface area contributed by atoms with Crippen molar-refractivity contribution in [3.8, 4) is 5.75 Å². The van der Waals surface area contributed by atoms with Crippen molar-refractivity contribution >= 4 is 57.2 Å². The minimum atomic E-state index is -0.882. The highest BCUT2D eigenvalue weighted by molar-refractivity contribution is 6.24. The number of aromatic hydroxyl groups is 1. The number of phenols is 1. The first-order chi connectivity index (χ1) is 23.6. The van der Waals surface area contributed by atoms with Crippen molar-refractivity contribution < 1.29 is 34.1 Å². The molecule has 4 aliphatic rings. The average Bonchev–Trinajstić information content (AvgIpc) is 3.51. The Balaban J connectivity index is 1.25. The summed E-state index contributed by atoms with van der Waals surface area (Å²) in [5, 5.41) is 34.5. The summed E-state index contributed by atoms with van der Waals surface area (Å²) in [5.74, 6) is -6.46. The van der Waals surface area contributed by atoms with Gasteiger partial charge in [-0.2, -0.15) is 0 Å². The van der Waals surface area contributed by atoms with Gasteiger partial charge >= 0.3 is 0 Å². The number of nitro groups is 2. The Morgan fingerprint density at radius 2 is 1.14 bits per heavy atom. The normalized spacial score (nSPS) is 26.0. The molecule has 4 aromatic rings. The van der Waals surface area contributed by atoms with Crippen molar-refractivity contribution in [3.05, 3.63) is 122 Å². The first-order valence-electron chi connectivity index (χ1n) is 15.7. The molecule has 2 aliphatic carbocycles. The van der Waals surface area contributed by atoms with E-state index in [1.807, 2.05) is 12.1 Å². The summed E-state index contributed by atoms with van der Waals surface area (Å²) in [4.78, 5) is 80.2. The highest BCUT2D eigenvalue weighted by atomic mass is 16.6. The molecule has 4 aromatic carbocycles. The molecule has 2 heterocycles. The minimum absolute atomic E-state index is 0.0394. The maximum Gasteiger partial charge on any atom is 0.269 e. The van der Waals surface area contributed by atoms with Crippen LogP contribution >= 0.6 is 0 Å². The molecule has 8 rings (SSSR count). The fourth-order valence-electron chi connectivity index (χ4n) is 8.47. The van der Waals surface area contributed by atoms with Crippen LogP contribution < -0.4 is 9.80 Å². The van der Waals surface area contributed by atoms with E-state index in [1.54, 1.807) is 30.3 Å². The third-order valence-electron chi connectivity index (χ3n) is 10.6. The second-order valence-corrected chi connectivity index (χ2v) is 12.8. The van der Waals surface area contributed by atoms with Crippen molar-refractivity contribution in [2.75, 3.05) is 9.80 Å². The number of carbonyl (C=O) groups is 4. The molecular weight excluding hydrogens is 632 g/mol. The summed E-state index contributed by atoms with van der Waals surface area (Å²) in [7, 11) is 0. The number of imide groups is 2. The van der Waals surface area contributed by atoms with E-state index in [2.05, 4.69) is 0 Å². The van der Waals surface area contributed by atoms with Crippen molar-refractivity contribution in [2.45, 2.75) is 18.8 Å². The van der Waals surface area contributed by atoms with Gasteiger partial charge in [0.2, 0.25) is 23.6 Å². The van der Waals surface area contributed by atoms with Gasteiger partial charge in [0.1, 0.15) is 5.75 Å². The third kappa shape index (κ3) is 4.38. The van der Waals surface area contributed by atoms with Crippen LogP contribution in [0.2, 0.25) is 0 Å². The molecule has 0 aromatic heterocycles. The number of phenolic OH excluding ortho intramolecular Hbond substituents is 1. The maximum absolute atomic E-state index is 14.4. The molecule has 6 unspecified atom stereocenters. The zero-order valence-electron chi connectivity index (χ0n) is 25.5. The van der Waals surface area contributed by atoms with Gasteiger partial charge in [0.15, 0.2) is 0 Å². The second-order valence-electron chi connectivity index (χ2n) is 12.8. The van der Waals surface area contributed by atoms with E-state index in [4.69, 9.17) is 0 Å². The number of benzene rings is 4. The number of nitrogens with zero attached hydrogens (tertiary/aromatic N) is 4. The first kappa shape index (κ1) is 30.1. The van der Waals surface area contributed by atoms with Gasteiger partial charge in [-0.1, -0.05) is 42.0 Å². The largest absolute Gasteiger partial charge is 0.507 e. The van der Waals surface area contributed by atoms with E-state index in [0.29, 0.717) is 16.3 Å². The molecule has 13 heteroatoms. The number of non-ortho nitro benzene ring substituents is 2. The van der Waals surface area contributed by atoms with Crippen molar-refractivity contribution in [3.63, 3.8) is 0 Å².